The minimum Gasteiger partial charge on any atom is -0.465 e. The largest absolute Gasteiger partial charge is 0.465 e. The Morgan fingerprint density at radius 2 is 0.860 bits per heavy atom. The number of aliphatic hydroxyl groups excluding tert-OH is 2. The fourth-order valence-corrected chi connectivity index (χ4v) is 6.11. The smallest absolute Gasteiger partial charge is 0.306 e. The maximum Gasteiger partial charge on any atom is 0.306 e. The third kappa shape index (κ3) is 29.5. The van der Waals surface area contributed by atoms with Gasteiger partial charge in [-0.2, -0.15) is 0 Å². The predicted molar refractivity (Wildman–Crippen MR) is 208 cm³/mol. The summed E-state index contributed by atoms with van der Waals surface area (Å²) in [7, 11) is 0. The molecule has 2 N–H and O–H groups in total. The minimum absolute atomic E-state index is 0.0712. The molecule has 0 atom stereocenters. The van der Waals surface area contributed by atoms with Gasteiger partial charge in [0.2, 0.25) is 0 Å². The second kappa shape index (κ2) is 33.9. The summed E-state index contributed by atoms with van der Waals surface area (Å²) in [5, 5.41) is 18.5. The summed E-state index contributed by atoms with van der Waals surface area (Å²) in [5.74, 6) is -0.303. The molecule has 1 rings (SSSR count). The van der Waals surface area contributed by atoms with E-state index in [2.05, 4.69) is 12.2 Å². The van der Waals surface area contributed by atoms with Crippen molar-refractivity contribution in [3.8, 4) is 0 Å². The van der Waals surface area contributed by atoms with Crippen LogP contribution in [-0.4, -0.2) is 42.0 Å². The summed E-state index contributed by atoms with van der Waals surface area (Å²) in [6.07, 6.45) is 38.9. The first kappa shape index (κ1) is 45.8. The van der Waals surface area contributed by atoms with E-state index in [1.54, 1.807) is 6.92 Å². The second-order valence-corrected chi connectivity index (χ2v) is 15.0. The molecule has 50 heavy (non-hydrogen) atoms. The Kier molecular flexibility index (Phi) is 31.1. The van der Waals surface area contributed by atoms with Crippen molar-refractivity contribution in [2.75, 3.05) is 19.8 Å². The van der Waals surface area contributed by atoms with Gasteiger partial charge >= 0.3 is 11.9 Å². The molecule has 0 aliphatic heterocycles. The van der Waals surface area contributed by atoms with E-state index >= 15 is 0 Å². The number of carbonyl (C=O) groups excluding carboxylic acids is 2. The molecule has 288 valence electrons. The average molecular weight is 701 g/mol. The number of ether oxygens (including phenoxy) is 2. The van der Waals surface area contributed by atoms with E-state index in [0.717, 1.165) is 31.2 Å². The lowest BCUT2D eigenvalue weighted by molar-refractivity contribution is -0.149. The molecular formula is C44H76O6. The Morgan fingerprint density at radius 1 is 0.520 bits per heavy atom. The number of rotatable bonds is 36. The van der Waals surface area contributed by atoms with Crippen LogP contribution in [0.1, 0.15) is 192 Å². The van der Waals surface area contributed by atoms with E-state index in [0.29, 0.717) is 19.4 Å². The third-order valence-electron chi connectivity index (χ3n) is 9.76. The van der Waals surface area contributed by atoms with Gasteiger partial charge in [-0.05, 0) is 44.1 Å². The second-order valence-electron chi connectivity index (χ2n) is 15.0. The van der Waals surface area contributed by atoms with Crippen LogP contribution in [0.25, 0.3) is 0 Å². The molecule has 0 spiro atoms. The summed E-state index contributed by atoms with van der Waals surface area (Å²) < 4.78 is 10.5. The van der Waals surface area contributed by atoms with Crippen LogP contribution < -0.4 is 0 Å². The summed E-state index contributed by atoms with van der Waals surface area (Å²) in [5.41, 5.74) is 0.302. The average Bonchev–Trinajstić information content (AvgIpc) is 3.14. The topological polar surface area (TPSA) is 93.1 Å². The normalized spacial score (nSPS) is 11.7. The zero-order chi connectivity index (χ0) is 36.2. The van der Waals surface area contributed by atoms with Crippen molar-refractivity contribution in [3.05, 3.63) is 48.0 Å². The van der Waals surface area contributed by atoms with Crippen LogP contribution >= 0.6 is 0 Å². The monoisotopic (exact) mass is 701 g/mol. The van der Waals surface area contributed by atoms with Crippen LogP contribution in [0, 0.1) is 5.41 Å². The number of aliphatic hydroxyl groups is 2. The number of hydrogen-bond acceptors (Lipinski definition) is 6. The first-order valence-electron chi connectivity index (χ1n) is 20.7. The van der Waals surface area contributed by atoms with Crippen molar-refractivity contribution in [3.63, 3.8) is 0 Å². The van der Waals surface area contributed by atoms with E-state index in [1.807, 2.05) is 30.3 Å². The molecule has 0 aromatic heterocycles. The highest BCUT2D eigenvalue weighted by Gasteiger charge is 2.24. The molecule has 0 amide bonds. The Morgan fingerprint density at radius 3 is 1.24 bits per heavy atom. The van der Waals surface area contributed by atoms with Crippen molar-refractivity contribution < 1.29 is 29.3 Å². The lowest BCUT2D eigenvalue weighted by Gasteiger charge is -2.23. The molecule has 0 radical (unpaired) electrons. The lowest BCUT2D eigenvalue weighted by atomic mass is 9.94. The van der Waals surface area contributed by atoms with Gasteiger partial charge in [-0.1, -0.05) is 178 Å². The molecule has 0 fully saturated rings. The standard InChI is InChI=1S/C44H76O6/c1-44(38-45,39-46)40-50-43(48)36-32-27-25-23-21-19-17-15-13-11-9-7-5-3-2-4-6-8-10-12-14-16-18-20-22-24-26-31-35-42(47)49-37-41-33-29-28-30-34-41/h2-3,28-30,33-34,45-46H,4-27,31-32,35-40H2,1H3/b3-2-. The Balaban J connectivity index is 1.71. The highest BCUT2D eigenvalue weighted by molar-refractivity contribution is 5.69. The SMILES string of the molecule is CC(CO)(CO)COC(=O)CCCCCCCCCCCCCC/C=C\CCCCCCCCCCCCCCC(=O)OCc1ccccc1. The van der Waals surface area contributed by atoms with Crippen LogP contribution in [0.15, 0.2) is 42.5 Å². The van der Waals surface area contributed by atoms with Crippen LogP contribution in [0.3, 0.4) is 0 Å². The maximum atomic E-state index is 11.9. The number of benzene rings is 1. The first-order valence-corrected chi connectivity index (χ1v) is 20.7. The van der Waals surface area contributed by atoms with Crippen LogP contribution in [0.2, 0.25) is 0 Å². The van der Waals surface area contributed by atoms with Gasteiger partial charge in [-0.3, -0.25) is 9.59 Å². The van der Waals surface area contributed by atoms with Gasteiger partial charge in [0, 0.05) is 18.3 Å². The fraction of sp³-hybridized carbons (Fsp3) is 0.773. The quantitative estimate of drug-likeness (QED) is 0.0411. The fourth-order valence-electron chi connectivity index (χ4n) is 6.11. The van der Waals surface area contributed by atoms with Gasteiger partial charge in [-0.15, -0.1) is 0 Å². The molecule has 0 saturated heterocycles. The molecule has 0 bridgehead atoms. The predicted octanol–water partition coefficient (Wildman–Crippen LogP) is 11.7. The maximum absolute atomic E-state index is 11.9. The number of allylic oxidation sites excluding steroid dienone is 2. The number of carbonyl (C=O) groups is 2. The van der Waals surface area contributed by atoms with Crippen molar-refractivity contribution in [1.29, 1.82) is 0 Å². The highest BCUT2D eigenvalue weighted by Crippen LogP contribution is 2.17. The lowest BCUT2D eigenvalue weighted by Crippen LogP contribution is -2.32. The van der Waals surface area contributed by atoms with E-state index < -0.39 is 5.41 Å². The Labute approximate surface area is 307 Å². The van der Waals surface area contributed by atoms with Crippen molar-refractivity contribution >= 4 is 11.9 Å². The van der Waals surface area contributed by atoms with Crippen LogP contribution in [0.4, 0.5) is 0 Å². The molecule has 0 aliphatic carbocycles. The van der Waals surface area contributed by atoms with Gasteiger partial charge in [0.05, 0.1) is 13.2 Å². The molecule has 1 aromatic rings. The zero-order valence-corrected chi connectivity index (χ0v) is 32.2. The molecule has 0 aliphatic rings. The number of unbranched alkanes of at least 4 members (excludes halogenated alkanes) is 24. The van der Waals surface area contributed by atoms with Crippen molar-refractivity contribution in [2.45, 2.75) is 193 Å². The molecule has 6 nitrogen and oxygen atoms in total. The number of esters is 2. The van der Waals surface area contributed by atoms with Gasteiger partial charge in [-0.25, -0.2) is 0 Å². The molecule has 0 saturated carbocycles. The molecular weight excluding hydrogens is 624 g/mol. The van der Waals surface area contributed by atoms with Crippen molar-refractivity contribution in [2.24, 2.45) is 5.41 Å². The van der Waals surface area contributed by atoms with Gasteiger partial charge in [0.1, 0.15) is 13.2 Å². The molecule has 1 aromatic carbocycles. The van der Waals surface area contributed by atoms with E-state index in [1.165, 1.54) is 141 Å². The van der Waals surface area contributed by atoms with E-state index in [9.17, 15) is 19.8 Å². The zero-order valence-electron chi connectivity index (χ0n) is 32.2. The molecule has 6 heteroatoms. The summed E-state index contributed by atoms with van der Waals surface area (Å²) in [6, 6.07) is 9.88. The van der Waals surface area contributed by atoms with Crippen LogP contribution in [0.5, 0.6) is 0 Å². The van der Waals surface area contributed by atoms with Gasteiger partial charge in [0.15, 0.2) is 0 Å². The Hall–Kier alpha value is -2.18. The van der Waals surface area contributed by atoms with Gasteiger partial charge < -0.3 is 19.7 Å². The third-order valence-corrected chi connectivity index (χ3v) is 9.76. The summed E-state index contributed by atoms with van der Waals surface area (Å²) in [6.45, 7) is 1.78. The van der Waals surface area contributed by atoms with Gasteiger partial charge in [0.25, 0.3) is 0 Å². The molecule has 0 unspecified atom stereocenters. The molecule has 0 heterocycles. The van der Waals surface area contributed by atoms with Crippen LogP contribution in [-0.2, 0) is 25.7 Å². The van der Waals surface area contributed by atoms with Crippen molar-refractivity contribution in [1.82, 2.24) is 0 Å². The van der Waals surface area contributed by atoms with E-state index in [-0.39, 0.29) is 31.8 Å². The minimum atomic E-state index is -0.747. The highest BCUT2D eigenvalue weighted by atomic mass is 16.5. The summed E-state index contributed by atoms with van der Waals surface area (Å²) in [4.78, 5) is 23.7. The van der Waals surface area contributed by atoms with E-state index in [4.69, 9.17) is 9.47 Å². The number of hydrogen-bond donors (Lipinski definition) is 2. The Bertz CT molecular complexity index is 926. The summed E-state index contributed by atoms with van der Waals surface area (Å²) >= 11 is 0. The first-order chi connectivity index (χ1) is 24.5.